The molecular weight excluding hydrogens is 266 g/mol. The van der Waals surface area contributed by atoms with Crippen LogP contribution in [0, 0.1) is 12.3 Å². The molecule has 1 rings (SSSR count). The van der Waals surface area contributed by atoms with E-state index in [-0.39, 0.29) is 5.91 Å². The highest BCUT2D eigenvalue weighted by Gasteiger charge is 2.13. The minimum absolute atomic E-state index is 0.00713. The normalized spacial score (nSPS) is 9.56. The van der Waals surface area contributed by atoms with Crippen LogP contribution in [0.5, 0.6) is 0 Å². The summed E-state index contributed by atoms with van der Waals surface area (Å²) in [5.41, 5.74) is 0.673. The van der Waals surface area contributed by atoms with Crippen molar-refractivity contribution in [2.75, 3.05) is 13.1 Å². The van der Waals surface area contributed by atoms with Crippen molar-refractivity contribution in [3.8, 4) is 12.3 Å². The first-order valence-electron chi connectivity index (χ1n) is 5.17. The zero-order valence-corrected chi connectivity index (χ0v) is 10.8. The van der Waals surface area contributed by atoms with E-state index in [4.69, 9.17) is 6.42 Å². The smallest absolute Gasteiger partial charge is 0.254 e. The monoisotopic (exact) mass is 279 g/mol. The number of nitrogens with zero attached hydrogens (tertiary/aromatic N) is 1. The molecule has 0 fully saturated rings. The fourth-order valence-corrected chi connectivity index (χ4v) is 1.67. The maximum absolute atomic E-state index is 12.1. The second kappa shape index (κ2) is 6.34. The van der Waals surface area contributed by atoms with Crippen LogP contribution < -0.4 is 0 Å². The maximum atomic E-state index is 12.1. The van der Waals surface area contributed by atoms with Crippen LogP contribution in [0.2, 0.25) is 0 Å². The Hall–Kier alpha value is -1.27. The lowest BCUT2D eigenvalue weighted by atomic mass is 10.2. The summed E-state index contributed by atoms with van der Waals surface area (Å²) in [5.74, 6) is 2.50. The van der Waals surface area contributed by atoms with E-state index in [9.17, 15) is 4.79 Å². The van der Waals surface area contributed by atoms with Crippen molar-refractivity contribution in [1.82, 2.24) is 4.90 Å². The van der Waals surface area contributed by atoms with Crippen molar-refractivity contribution in [3.63, 3.8) is 0 Å². The lowest BCUT2D eigenvalue weighted by Crippen LogP contribution is -2.32. The van der Waals surface area contributed by atoms with Crippen molar-refractivity contribution >= 4 is 21.8 Å². The molecule has 1 aromatic rings. The molecule has 84 valence electrons. The average molecular weight is 280 g/mol. The fraction of sp³-hybridized carbons (Fsp3) is 0.308. The van der Waals surface area contributed by atoms with Crippen LogP contribution in [0.25, 0.3) is 0 Å². The average Bonchev–Trinajstić information content (AvgIpc) is 2.29. The molecule has 0 N–H and O–H groups in total. The van der Waals surface area contributed by atoms with Gasteiger partial charge in [0.1, 0.15) is 0 Å². The minimum Gasteiger partial charge on any atom is -0.328 e. The van der Waals surface area contributed by atoms with Gasteiger partial charge in [-0.1, -0.05) is 28.8 Å². The Morgan fingerprint density at radius 1 is 1.44 bits per heavy atom. The van der Waals surface area contributed by atoms with Gasteiger partial charge in [0.15, 0.2) is 0 Å². The van der Waals surface area contributed by atoms with Crippen molar-refractivity contribution in [2.45, 2.75) is 13.3 Å². The summed E-state index contributed by atoms with van der Waals surface area (Å²) in [7, 11) is 0. The Bertz CT molecular complexity index is 391. The summed E-state index contributed by atoms with van der Waals surface area (Å²) in [5, 5.41) is 0. The Morgan fingerprint density at radius 3 is 2.56 bits per heavy atom. The fourth-order valence-electron chi connectivity index (χ4n) is 1.41. The van der Waals surface area contributed by atoms with E-state index in [0.29, 0.717) is 18.7 Å². The molecule has 0 unspecified atom stereocenters. The van der Waals surface area contributed by atoms with E-state index in [2.05, 4.69) is 21.9 Å². The molecule has 0 heterocycles. The Balaban J connectivity index is 2.82. The van der Waals surface area contributed by atoms with Gasteiger partial charge in [0, 0.05) is 16.6 Å². The minimum atomic E-state index is -0.00713. The van der Waals surface area contributed by atoms with Crippen LogP contribution in [-0.2, 0) is 0 Å². The molecule has 0 aliphatic rings. The predicted molar refractivity (Wildman–Crippen MR) is 69.2 cm³/mol. The quantitative estimate of drug-likeness (QED) is 0.776. The number of terminal acetylenes is 1. The van der Waals surface area contributed by atoms with Crippen molar-refractivity contribution in [2.24, 2.45) is 0 Å². The first-order chi connectivity index (χ1) is 7.69. The molecule has 0 saturated heterocycles. The summed E-state index contributed by atoms with van der Waals surface area (Å²) in [6.07, 6.45) is 6.15. The predicted octanol–water partition coefficient (Wildman–Crippen LogP) is 2.93. The summed E-state index contributed by atoms with van der Waals surface area (Å²) in [6.45, 7) is 3.08. The highest BCUT2D eigenvalue weighted by atomic mass is 79.9. The second-order valence-electron chi connectivity index (χ2n) is 3.44. The summed E-state index contributed by atoms with van der Waals surface area (Å²) in [4.78, 5) is 13.7. The van der Waals surface area contributed by atoms with Crippen molar-refractivity contribution < 1.29 is 4.79 Å². The van der Waals surface area contributed by atoms with E-state index in [1.807, 2.05) is 19.1 Å². The van der Waals surface area contributed by atoms with Crippen LogP contribution in [0.3, 0.4) is 0 Å². The highest BCUT2D eigenvalue weighted by Crippen LogP contribution is 2.12. The summed E-state index contributed by atoms with van der Waals surface area (Å²) in [6, 6.07) is 7.30. The van der Waals surface area contributed by atoms with Crippen LogP contribution in [0.1, 0.15) is 23.7 Å². The number of carbonyl (C=O) groups is 1. The molecule has 0 saturated carbocycles. The van der Waals surface area contributed by atoms with Gasteiger partial charge < -0.3 is 4.90 Å². The van der Waals surface area contributed by atoms with E-state index < -0.39 is 0 Å². The molecule has 0 bridgehead atoms. The zero-order valence-electron chi connectivity index (χ0n) is 9.24. The lowest BCUT2D eigenvalue weighted by molar-refractivity contribution is 0.0777. The molecular formula is C13H14BrNO. The third kappa shape index (κ3) is 3.39. The van der Waals surface area contributed by atoms with Gasteiger partial charge in [0.25, 0.3) is 5.91 Å². The molecule has 0 radical (unpaired) electrons. The molecule has 16 heavy (non-hydrogen) atoms. The van der Waals surface area contributed by atoms with E-state index >= 15 is 0 Å². The third-order valence-corrected chi connectivity index (χ3v) is 2.68. The Kier molecular flexibility index (Phi) is 5.07. The maximum Gasteiger partial charge on any atom is 0.254 e. The number of benzene rings is 1. The molecule has 0 spiro atoms. The first-order valence-corrected chi connectivity index (χ1v) is 5.96. The molecule has 0 aliphatic carbocycles. The second-order valence-corrected chi connectivity index (χ2v) is 4.35. The Labute approximate surface area is 105 Å². The molecule has 0 atom stereocenters. The number of carbonyl (C=O) groups excluding carboxylic acids is 1. The van der Waals surface area contributed by atoms with Gasteiger partial charge in [0.05, 0.1) is 6.54 Å². The number of rotatable bonds is 4. The molecule has 0 aliphatic heterocycles. The number of hydrogen-bond donors (Lipinski definition) is 0. The van der Waals surface area contributed by atoms with Crippen LogP contribution in [0.15, 0.2) is 28.7 Å². The largest absolute Gasteiger partial charge is 0.328 e. The number of hydrogen-bond acceptors (Lipinski definition) is 1. The van der Waals surface area contributed by atoms with Gasteiger partial charge in [-0.25, -0.2) is 0 Å². The van der Waals surface area contributed by atoms with Crippen LogP contribution in [0.4, 0.5) is 0 Å². The number of halogens is 1. The van der Waals surface area contributed by atoms with Gasteiger partial charge in [-0.3, -0.25) is 4.79 Å². The van der Waals surface area contributed by atoms with E-state index in [0.717, 1.165) is 10.9 Å². The summed E-state index contributed by atoms with van der Waals surface area (Å²) >= 11 is 3.34. The molecule has 1 aromatic carbocycles. The van der Waals surface area contributed by atoms with E-state index in [1.165, 1.54) is 0 Å². The molecule has 2 nitrogen and oxygen atoms in total. The first kappa shape index (κ1) is 12.8. The highest BCUT2D eigenvalue weighted by molar-refractivity contribution is 9.10. The van der Waals surface area contributed by atoms with Crippen LogP contribution >= 0.6 is 15.9 Å². The van der Waals surface area contributed by atoms with Crippen molar-refractivity contribution in [1.29, 1.82) is 0 Å². The Morgan fingerprint density at radius 2 is 2.06 bits per heavy atom. The topological polar surface area (TPSA) is 20.3 Å². The molecule has 3 heteroatoms. The van der Waals surface area contributed by atoms with Crippen LogP contribution in [-0.4, -0.2) is 23.9 Å². The van der Waals surface area contributed by atoms with Crippen molar-refractivity contribution in [3.05, 3.63) is 34.3 Å². The van der Waals surface area contributed by atoms with E-state index in [1.54, 1.807) is 17.0 Å². The van der Waals surface area contributed by atoms with Gasteiger partial charge in [-0.15, -0.1) is 6.42 Å². The molecule has 0 aromatic heterocycles. The zero-order chi connectivity index (χ0) is 12.0. The number of amides is 1. The summed E-state index contributed by atoms with van der Waals surface area (Å²) < 4.78 is 0.961. The SMILES string of the molecule is C#CCN(CCC)C(=O)c1ccc(Br)cc1. The standard InChI is InChI=1S/C13H14BrNO/c1-3-9-15(10-4-2)13(16)11-5-7-12(14)8-6-11/h1,5-8H,4,9-10H2,2H3. The van der Waals surface area contributed by atoms with Gasteiger partial charge in [0.2, 0.25) is 0 Å². The van der Waals surface area contributed by atoms with Gasteiger partial charge >= 0.3 is 0 Å². The lowest BCUT2D eigenvalue weighted by Gasteiger charge is -2.19. The van der Waals surface area contributed by atoms with Gasteiger partial charge in [-0.05, 0) is 30.7 Å². The third-order valence-electron chi connectivity index (χ3n) is 2.15. The van der Waals surface area contributed by atoms with Gasteiger partial charge in [-0.2, -0.15) is 0 Å². The molecule has 1 amide bonds.